The third-order valence-corrected chi connectivity index (χ3v) is 5.73. The molecule has 1 heterocycles. The molecule has 1 aliphatic heterocycles. The molecule has 0 spiro atoms. The largest absolute Gasteiger partial charge is 0.342 e. The van der Waals surface area contributed by atoms with Gasteiger partial charge >= 0.3 is 0 Å². The number of sulfone groups is 1. The average Bonchev–Trinajstić information content (AvgIpc) is 2.72. The van der Waals surface area contributed by atoms with E-state index in [0.29, 0.717) is 18.0 Å². The standard InChI is InChI=1S/C15H22N2O3S/c1-4-17(5-2)15(18)11(3)16-13-10-21(19,20)14-9-7-6-8-12(13)14/h6-9,11,13,16H,4-5,10H2,1-3H3. The van der Waals surface area contributed by atoms with Crippen LogP contribution in [0.2, 0.25) is 0 Å². The van der Waals surface area contributed by atoms with Gasteiger partial charge in [-0.05, 0) is 32.4 Å². The Kier molecular flexibility index (Phi) is 4.68. The number of rotatable bonds is 5. The highest BCUT2D eigenvalue weighted by Crippen LogP contribution is 2.33. The second-order valence-electron chi connectivity index (χ2n) is 5.27. The molecule has 1 aromatic rings. The second kappa shape index (κ2) is 6.15. The molecule has 1 aliphatic rings. The van der Waals surface area contributed by atoms with Gasteiger partial charge in [0.2, 0.25) is 5.91 Å². The van der Waals surface area contributed by atoms with Crippen LogP contribution >= 0.6 is 0 Å². The van der Waals surface area contributed by atoms with Crippen molar-refractivity contribution >= 4 is 15.7 Å². The summed E-state index contributed by atoms with van der Waals surface area (Å²) < 4.78 is 24.3. The number of nitrogens with one attached hydrogen (secondary N) is 1. The number of fused-ring (bicyclic) bond motifs is 1. The van der Waals surface area contributed by atoms with Crippen molar-refractivity contribution in [2.75, 3.05) is 18.8 Å². The van der Waals surface area contributed by atoms with E-state index >= 15 is 0 Å². The van der Waals surface area contributed by atoms with Crippen LogP contribution in [0, 0.1) is 0 Å². The van der Waals surface area contributed by atoms with E-state index in [4.69, 9.17) is 0 Å². The van der Waals surface area contributed by atoms with Gasteiger partial charge in [-0.1, -0.05) is 18.2 Å². The fraction of sp³-hybridized carbons (Fsp3) is 0.533. The zero-order chi connectivity index (χ0) is 15.6. The van der Waals surface area contributed by atoms with Gasteiger partial charge in [0.1, 0.15) is 0 Å². The van der Waals surface area contributed by atoms with Crippen LogP contribution in [0.5, 0.6) is 0 Å². The molecule has 2 unspecified atom stereocenters. The van der Waals surface area contributed by atoms with E-state index in [-0.39, 0.29) is 17.7 Å². The smallest absolute Gasteiger partial charge is 0.239 e. The van der Waals surface area contributed by atoms with Crippen molar-refractivity contribution in [2.45, 2.75) is 37.8 Å². The van der Waals surface area contributed by atoms with E-state index in [1.54, 1.807) is 24.0 Å². The summed E-state index contributed by atoms with van der Waals surface area (Å²) >= 11 is 0. The van der Waals surface area contributed by atoms with Crippen molar-refractivity contribution in [3.8, 4) is 0 Å². The molecule has 5 nitrogen and oxygen atoms in total. The Morgan fingerprint density at radius 3 is 2.57 bits per heavy atom. The van der Waals surface area contributed by atoms with Crippen LogP contribution in [0.3, 0.4) is 0 Å². The molecule has 0 aromatic heterocycles. The lowest BCUT2D eigenvalue weighted by atomic mass is 10.1. The van der Waals surface area contributed by atoms with Gasteiger partial charge in [-0.2, -0.15) is 0 Å². The predicted molar refractivity (Wildman–Crippen MR) is 81.8 cm³/mol. The Morgan fingerprint density at radius 1 is 1.33 bits per heavy atom. The second-order valence-corrected chi connectivity index (χ2v) is 7.27. The fourth-order valence-electron chi connectivity index (χ4n) is 2.77. The van der Waals surface area contributed by atoms with Crippen molar-refractivity contribution in [1.29, 1.82) is 0 Å². The molecule has 1 N–H and O–H groups in total. The Hall–Kier alpha value is -1.40. The first-order valence-electron chi connectivity index (χ1n) is 7.27. The van der Waals surface area contributed by atoms with Gasteiger partial charge in [-0.15, -0.1) is 0 Å². The van der Waals surface area contributed by atoms with Crippen LogP contribution in [0.15, 0.2) is 29.2 Å². The first-order chi connectivity index (χ1) is 9.90. The summed E-state index contributed by atoms with van der Waals surface area (Å²) in [6, 6.07) is 6.26. The van der Waals surface area contributed by atoms with Crippen molar-refractivity contribution in [1.82, 2.24) is 10.2 Å². The van der Waals surface area contributed by atoms with Crippen LogP contribution in [0.25, 0.3) is 0 Å². The summed E-state index contributed by atoms with van der Waals surface area (Å²) in [6.07, 6.45) is 0. The summed E-state index contributed by atoms with van der Waals surface area (Å²) in [4.78, 5) is 14.4. The lowest BCUT2D eigenvalue weighted by Crippen LogP contribution is -2.46. The van der Waals surface area contributed by atoms with E-state index in [2.05, 4.69) is 5.32 Å². The number of amides is 1. The van der Waals surface area contributed by atoms with Crippen molar-refractivity contribution in [3.63, 3.8) is 0 Å². The first kappa shape index (κ1) is 16.0. The van der Waals surface area contributed by atoms with E-state index < -0.39 is 15.9 Å². The number of nitrogens with zero attached hydrogens (tertiary/aromatic N) is 1. The Morgan fingerprint density at radius 2 is 1.95 bits per heavy atom. The summed E-state index contributed by atoms with van der Waals surface area (Å²) in [5.74, 6) is 0.0177. The van der Waals surface area contributed by atoms with Crippen LogP contribution in [-0.4, -0.2) is 44.1 Å². The highest BCUT2D eigenvalue weighted by atomic mass is 32.2. The summed E-state index contributed by atoms with van der Waals surface area (Å²) in [7, 11) is -3.24. The third-order valence-electron chi connectivity index (χ3n) is 3.91. The van der Waals surface area contributed by atoms with E-state index in [9.17, 15) is 13.2 Å². The van der Waals surface area contributed by atoms with Crippen LogP contribution in [-0.2, 0) is 14.6 Å². The minimum atomic E-state index is -3.24. The topological polar surface area (TPSA) is 66.5 Å². The maximum Gasteiger partial charge on any atom is 0.239 e. The monoisotopic (exact) mass is 310 g/mol. The van der Waals surface area contributed by atoms with Gasteiger partial charge < -0.3 is 4.90 Å². The molecule has 21 heavy (non-hydrogen) atoms. The van der Waals surface area contributed by atoms with Crippen LogP contribution in [0.4, 0.5) is 0 Å². The molecule has 0 radical (unpaired) electrons. The van der Waals surface area contributed by atoms with Crippen LogP contribution in [0.1, 0.15) is 32.4 Å². The molecule has 116 valence electrons. The Labute approximate surface area is 126 Å². The predicted octanol–water partition coefficient (Wildman–Crippen LogP) is 1.36. The molecule has 0 saturated heterocycles. The first-order valence-corrected chi connectivity index (χ1v) is 8.92. The van der Waals surface area contributed by atoms with E-state index in [0.717, 1.165) is 5.56 Å². The van der Waals surface area contributed by atoms with E-state index in [1.165, 1.54) is 0 Å². The third kappa shape index (κ3) is 3.11. The number of hydrogen-bond donors (Lipinski definition) is 1. The summed E-state index contributed by atoms with van der Waals surface area (Å²) in [6.45, 7) is 6.96. The number of likely N-dealkylation sites (N-methyl/N-ethyl adjacent to an activating group) is 1. The summed E-state index contributed by atoms with van der Waals surface area (Å²) in [5, 5.41) is 3.17. The molecule has 0 bridgehead atoms. The average molecular weight is 310 g/mol. The maximum atomic E-state index is 12.3. The van der Waals surface area contributed by atoms with E-state index in [1.807, 2.05) is 26.0 Å². The zero-order valence-electron chi connectivity index (χ0n) is 12.7. The zero-order valence-corrected chi connectivity index (χ0v) is 13.5. The van der Waals surface area contributed by atoms with Crippen molar-refractivity contribution < 1.29 is 13.2 Å². The molecule has 2 atom stereocenters. The number of carbonyl (C=O) groups is 1. The van der Waals surface area contributed by atoms with Crippen LogP contribution < -0.4 is 5.32 Å². The van der Waals surface area contributed by atoms with Crippen molar-refractivity contribution in [3.05, 3.63) is 29.8 Å². The minimum absolute atomic E-state index is 0.00165. The normalized spacial score (nSPS) is 20.8. The molecule has 0 fully saturated rings. The number of hydrogen-bond acceptors (Lipinski definition) is 4. The van der Waals surface area contributed by atoms with Gasteiger partial charge in [0.15, 0.2) is 9.84 Å². The van der Waals surface area contributed by atoms with Crippen molar-refractivity contribution in [2.24, 2.45) is 0 Å². The fourth-order valence-corrected chi connectivity index (χ4v) is 4.52. The molecule has 2 rings (SSSR count). The van der Waals surface area contributed by atoms with Gasteiger partial charge in [-0.25, -0.2) is 8.42 Å². The molecule has 0 aliphatic carbocycles. The highest BCUT2D eigenvalue weighted by molar-refractivity contribution is 7.91. The Bertz CT molecular complexity index is 624. The SMILES string of the molecule is CCN(CC)C(=O)C(C)NC1CS(=O)(=O)c2ccccc21. The lowest BCUT2D eigenvalue weighted by molar-refractivity contribution is -0.132. The molecular formula is C15H22N2O3S. The lowest BCUT2D eigenvalue weighted by Gasteiger charge is -2.25. The maximum absolute atomic E-state index is 12.3. The van der Waals surface area contributed by atoms with Gasteiger partial charge in [0, 0.05) is 19.1 Å². The molecule has 1 aromatic carbocycles. The molecular weight excluding hydrogens is 288 g/mol. The van der Waals surface area contributed by atoms with Gasteiger partial charge in [-0.3, -0.25) is 10.1 Å². The number of carbonyl (C=O) groups excluding carboxylic acids is 1. The summed E-state index contributed by atoms with van der Waals surface area (Å²) in [5.41, 5.74) is 0.761. The molecule has 0 saturated carbocycles. The molecule has 6 heteroatoms. The minimum Gasteiger partial charge on any atom is -0.342 e. The number of benzene rings is 1. The Balaban J connectivity index is 2.17. The molecule has 1 amide bonds. The highest BCUT2D eigenvalue weighted by Gasteiger charge is 2.35. The van der Waals surface area contributed by atoms with Gasteiger partial charge in [0.05, 0.1) is 16.7 Å². The van der Waals surface area contributed by atoms with Gasteiger partial charge in [0.25, 0.3) is 0 Å². The quantitative estimate of drug-likeness (QED) is 0.892.